The quantitative estimate of drug-likeness (QED) is 0.787. The van der Waals surface area contributed by atoms with Crippen LogP contribution < -0.4 is 0 Å². The molecule has 1 fully saturated rings. The third kappa shape index (κ3) is 4.27. The van der Waals surface area contributed by atoms with Crippen LogP contribution in [0.3, 0.4) is 0 Å². The first kappa shape index (κ1) is 17.6. The molecule has 0 spiro atoms. The second kappa shape index (κ2) is 8.28. The van der Waals surface area contributed by atoms with Crippen LogP contribution in [0, 0.1) is 11.7 Å². The molecule has 2 aromatic rings. The number of aromatic nitrogens is 1. The van der Waals surface area contributed by atoms with Crippen molar-refractivity contribution in [2.75, 3.05) is 13.1 Å². The number of halogens is 1. The lowest BCUT2D eigenvalue weighted by Gasteiger charge is -2.32. The van der Waals surface area contributed by atoms with E-state index >= 15 is 0 Å². The van der Waals surface area contributed by atoms with Crippen LogP contribution in [0.25, 0.3) is 0 Å². The molecule has 0 bridgehead atoms. The van der Waals surface area contributed by atoms with Crippen LogP contribution >= 0.6 is 0 Å². The van der Waals surface area contributed by atoms with Crippen LogP contribution in [0.2, 0.25) is 0 Å². The Hall–Kier alpha value is -2.17. The van der Waals surface area contributed by atoms with Gasteiger partial charge in [-0.15, -0.1) is 0 Å². The van der Waals surface area contributed by atoms with Gasteiger partial charge in [-0.2, -0.15) is 0 Å². The average molecular weight is 344 g/mol. The topological polar surface area (TPSA) is 46.3 Å². The lowest BCUT2D eigenvalue weighted by Crippen LogP contribution is -2.40. The molecule has 1 aromatic heterocycles. The van der Waals surface area contributed by atoms with Gasteiger partial charge in [0.15, 0.2) is 0 Å². The number of likely N-dealkylation sites (tertiary alicyclic amines) is 1. The van der Waals surface area contributed by atoms with Crippen molar-refractivity contribution >= 4 is 5.91 Å². The van der Waals surface area contributed by atoms with Gasteiger partial charge >= 0.3 is 0 Å². The molecule has 134 valence electrons. The molecule has 0 aliphatic carbocycles. The number of rotatable bonds is 6. The summed E-state index contributed by atoms with van der Waals surface area (Å²) in [6.45, 7) is 3.55. The predicted molar refractivity (Wildman–Crippen MR) is 93.8 cm³/mol. The molecule has 1 saturated heterocycles. The van der Waals surface area contributed by atoms with Crippen LogP contribution in [0.5, 0.6) is 0 Å². The summed E-state index contributed by atoms with van der Waals surface area (Å²) in [5.41, 5.74) is 1.35. The van der Waals surface area contributed by atoms with Gasteiger partial charge in [-0.3, -0.25) is 4.79 Å². The fraction of sp³-hybridized carbons (Fsp3) is 0.500. The number of amides is 1. The maximum absolute atomic E-state index is 13.8. The zero-order chi connectivity index (χ0) is 17.6. The zero-order valence-electron chi connectivity index (χ0n) is 14.7. The van der Waals surface area contributed by atoms with Crippen molar-refractivity contribution in [3.8, 4) is 0 Å². The summed E-state index contributed by atoms with van der Waals surface area (Å²) >= 11 is 0. The Morgan fingerprint density at radius 3 is 3.00 bits per heavy atom. The summed E-state index contributed by atoms with van der Waals surface area (Å²) in [6.07, 6.45) is 6.87. The number of aryl methyl sites for hydroxylation is 2. The minimum absolute atomic E-state index is 0.0142. The summed E-state index contributed by atoms with van der Waals surface area (Å²) in [5.74, 6) is 0.966. The van der Waals surface area contributed by atoms with Crippen molar-refractivity contribution in [1.82, 2.24) is 10.1 Å². The third-order valence-electron chi connectivity index (χ3n) is 4.94. The summed E-state index contributed by atoms with van der Waals surface area (Å²) in [7, 11) is 0. The van der Waals surface area contributed by atoms with Crippen molar-refractivity contribution in [2.24, 2.45) is 5.92 Å². The lowest BCUT2D eigenvalue weighted by molar-refractivity contribution is 0.0666. The molecule has 0 unspecified atom stereocenters. The van der Waals surface area contributed by atoms with E-state index in [9.17, 15) is 9.18 Å². The average Bonchev–Trinajstić information content (AvgIpc) is 3.09. The normalized spacial score (nSPS) is 17.7. The first-order valence-corrected chi connectivity index (χ1v) is 9.15. The Bertz CT molecular complexity index is 713. The van der Waals surface area contributed by atoms with Gasteiger partial charge in [-0.1, -0.05) is 30.3 Å². The molecule has 1 aliphatic rings. The largest absolute Gasteiger partial charge is 0.361 e. The third-order valence-corrected chi connectivity index (χ3v) is 4.94. The van der Waals surface area contributed by atoms with Gasteiger partial charge in [-0.05, 0) is 49.7 Å². The van der Waals surface area contributed by atoms with Crippen molar-refractivity contribution < 1.29 is 13.7 Å². The van der Waals surface area contributed by atoms with E-state index < -0.39 is 0 Å². The van der Waals surface area contributed by atoms with E-state index in [1.165, 1.54) is 12.3 Å². The molecule has 1 atom stereocenters. The smallest absolute Gasteiger partial charge is 0.259 e. The van der Waals surface area contributed by atoms with E-state index in [1.54, 1.807) is 6.07 Å². The van der Waals surface area contributed by atoms with Crippen molar-refractivity contribution in [1.29, 1.82) is 0 Å². The first-order chi connectivity index (χ1) is 12.2. The number of carbonyl (C=O) groups is 1. The first-order valence-electron chi connectivity index (χ1n) is 9.15. The number of nitrogens with zero attached hydrogens (tertiary/aromatic N) is 2. The van der Waals surface area contributed by atoms with E-state index in [4.69, 9.17) is 4.52 Å². The number of carbonyl (C=O) groups excluding carboxylic acids is 1. The summed E-state index contributed by atoms with van der Waals surface area (Å²) in [6, 6.07) is 6.94. The second-order valence-corrected chi connectivity index (χ2v) is 6.80. The Kier molecular flexibility index (Phi) is 5.84. The Morgan fingerprint density at radius 2 is 2.20 bits per heavy atom. The maximum atomic E-state index is 13.8. The molecular weight excluding hydrogens is 319 g/mol. The van der Waals surface area contributed by atoms with E-state index in [0.29, 0.717) is 23.7 Å². The highest BCUT2D eigenvalue weighted by Crippen LogP contribution is 2.24. The molecular formula is C20H25FN2O2. The Labute approximate surface area is 148 Å². The van der Waals surface area contributed by atoms with Gasteiger partial charge in [0.2, 0.25) is 0 Å². The van der Waals surface area contributed by atoms with E-state index in [-0.39, 0.29) is 11.7 Å². The number of hydrogen-bond acceptors (Lipinski definition) is 3. The van der Waals surface area contributed by atoms with Crippen molar-refractivity contribution in [2.45, 2.75) is 45.4 Å². The van der Waals surface area contributed by atoms with Gasteiger partial charge < -0.3 is 9.42 Å². The lowest BCUT2D eigenvalue weighted by atomic mass is 9.91. The molecule has 4 nitrogen and oxygen atoms in total. The monoisotopic (exact) mass is 344 g/mol. The number of benzene rings is 1. The standard InChI is InChI=1S/C20H25FN2O2/c1-2-6-19-17(13-22-25-19)20(24)23-12-5-7-15(14-23)10-11-16-8-3-4-9-18(16)21/h3-4,8-9,13,15H,2,5-7,10-12,14H2,1H3/t15-/m0/s1. The van der Waals surface area contributed by atoms with Crippen LogP contribution in [-0.4, -0.2) is 29.1 Å². The van der Waals surface area contributed by atoms with Crippen LogP contribution in [0.1, 0.15) is 54.3 Å². The van der Waals surface area contributed by atoms with E-state index in [2.05, 4.69) is 12.1 Å². The molecule has 0 radical (unpaired) electrons. The molecule has 0 N–H and O–H groups in total. The molecule has 1 amide bonds. The fourth-order valence-electron chi connectivity index (χ4n) is 3.56. The Morgan fingerprint density at radius 1 is 1.36 bits per heavy atom. The Balaban J connectivity index is 1.60. The minimum Gasteiger partial charge on any atom is -0.361 e. The fourth-order valence-corrected chi connectivity index (χ4v) is 3.56. The number of hydrogen-bond donors (Lipinski definition) is 0. The van der Waals surface area contributed by atoms with Crippen LogP contribution in [0.4, 0.5) is 4.39 Å². The molecule has 25 heavy (non-hydrogen) atoms. The SMILES string of the molecule is CCCc1oncc1C(=O)N1CCC[C@@H](CCc2ccccc2F)C1. The molecule has 0 saturated carbocycles. The zero-order valence-corrected chi connectivity index (χ0v) is 14.7. The highest BCUT2D eigenvalue weighted by atomic mass is 19.1. The molecule has 2 heterocycles. The molecule has 3 rings (SSSR count). The van der Waals surface area contributed by atoms with Crippen molar-refractivity contribution in [3.63, 3.8) is 0 Å². The molecule has 1 aromatic carbocycles. The minimum atomic E-state index is -0.139. The summed E-state index contributed by atoms with van der Waals surface area (Å²) < 4.78 is 19.0. The second-order valence-electron chi connectivity index (χ2n) is 6.80. The van der Waals surface area contributed by atoms with Gasteiger partial charge in [-0.25, -0.2) is 4.39 Å². The van der Waals surface area contributed by atoms with E-state index in [0.717, 1.165) is 50.8 Å². The highest BCUT2D eigenvalue weighted by Gasteiger charge is 2.27. The van der Waals surface area contributed by atoms with Gasteiger partial charge in [0.1, 0.15) is 17.1 Å². The molecule has 5 heteroatoms. The van der Waals surface area contributed by atoms with E-state index in [1.807, 2.05) is 17.0 Å². The van der Waals surface area contributed by atoms with Gasteiger partial charge in [0.25, 0.3) is 5.91 Å². The van der Waals surface area contributed by atoms with Crippen LogP contribution in [0.15, 0.2) is 35.0 Å². The number of piperidine rings is 1. The van der Waals surface area contributed by atoms with Crippen LogP contribution in [-0.2, 0) is 12.8 Å². The summed E-state index contributed by atoms with van der Waals surface area (Å²) in [4.78, 5) is 14.7. The highest BCUT2D eigenvalue weighted by molar-refractivity contribution is 5.94. The summed E-state index contributed by atoms with van der Waals surface area (Å²) in [5, 5.41) is 3.80. The molecule has 1 aliphatic heterocycles. The van der Waals surface area contributed by atoms with Crippen molar-refractivity contribution in [3.05, 3.63) is 53.2 Å². The maximum Gasteiger partial charge on any atom is 0.259 e. The van der Waals surface area contributed by atoms with Gasteiger partial charge in [0.05, 0.1) is 6.20 Å². The predicted octanol–water partition coefficient (Wildman–Crippen LogP) is 4.25. The van der Waals surface area contributed by atoms with Gasteiger partial charge in [0, 0.05) is 19.5 Å².